The maximum absolute atomic E-state index is 13.1. The predicted molar refractivity (Wildman–Crippen MR) is 106 cm³/mol. The third-order valence-electron chi connectivity index (χ3n) is 5.30. The van der Waals surface area contributed by atoms with Gasteiger partial charge in [-0.25, -0.2) is 4.68 Å². The molecular weight excluding hydrogens is 346 g/mol. The molecular formula is C20H23N3O2S. The second-order valence-electron chi connectivity index (χ2n) is 7.16. The van der Waals surface area contributed by atoms with E-state index in [1.54, 1.807) is 18.3 Å². The maximum atomic E-state index is 13.1. The lowest BCUT2D eigenvalue weighted by molar-refractivity contribution is -0.125. The van der Waals surface area contributed by atoms with Gasteiger partial charge in [-0.1, -0.05) is 37.5 Å². The fourth-order valence-electron chi connectivity index (χ4n) is 3.82. The van der Waals surface area contributed by atoms with Crippen LogP contribution < -0.4 is 10.9 Å². The van der Waals surface area contributed by atoms with Gasteiger partial charge in [0.05, 0.1) is 15.8 Å². The Kier molecular flexibility index (Phi) is 4.53. The number of amides is 1. The molecule has 1 saturated carbocycles. The number of rotatable bonds is 3. The first-order chi connectivity index (χ1) is 12.6. The minimum atomic E-state index is -0.619. The Morgan fingerprint density at radius 2 is 2.00 bits per heavy atom. The van der Waals surface area contributed by atoms with Crippen molar-refractivity contribution in [1.82, 2.24) is 15.1 Å². The van der Waals surface area contributed by atoms with Crippen molar-refractivity contribution >= 4 is 37.4 Å². The molecule has 0 aliphatic heterocycles. The molecule has 1 N–H and O–H groups in total. The number of thiophene rings is 1. The predicted octanol–water partition coefficient (Wildman–Crippen LogP) is 3.93. The quantitative estimate of drug-likeness (QED) is 0.761. The first-order valence-corrected chi connectivity index (χ1v) is 10.1. The minimum absolute atomic E-state index is 0.121. The number of hydrogen-bond acceptors (Lipinski definition) is 4. The fraction of sp³-hybridized carbons (Fsp3) is 0.450. The van der Waals surface area contributed by atoms with E-state index in [0.29, 0.717) is 5.39 Å². The molecule has 1 atom stereocenters. The molecule has 136 valence electrons. The summed E-state index contributed by atoms with van der Waals surface area (Å²) in [6, 6.07) is 7.49. The van der Waals surface area contributed by atoms with Gasteiger partial charge in [0.1, 0.15) is 6.04 Å². The van der Waals surface area contributed by atoms with Crippen molar-refractivity contribution in [3.05, 3.63) is 40.3 Å². The second-order valence-corrected chi connectivity index (χ2v) is 8.21. The normalized spacial score (nSPS) is 16.8. The number of aryl methyl sites for hydroxylation is 1. The molecule has 6 heteroatoms. The van der Waals surface area contributed by atoms with Crippen LogP contribution in [-0.2, 0) is 4.79 Å². The summed E-state index contributed by atoms with van der Waals surface area (Å²) in [5, 5.41) is 9.19. The highest BCUT2D eigenvalue weighted by Gasteiger charge is 2.24. The summed E-state index contributed by atoms with van der Waals surface area (Å²) in [6.45, 7) is 3.66. The van der Waals surface area contributed by atoms with Gasteiger partial charge in [-0.2, -0.15) is 5.10 Å². The van der Waals surface area contributed by atoms with Crippen LogP contribution >= 0.6 is 11.3 Å². The largest absolute Gasteiger partial charge is 0.352 e. The molecule has 3 aromatic rings. The lowest BCUT2D eigenvalue weighted by Gasteiger charge is -2.24. The molecule has 26 heavy (non-hydrogen) atoms. The van der Waals surface area contributed by atoms with E-state index in [0.717, 1.165) is 46.2 Å². The zero-order valence-electron chi connectivity index (χ0n) is 15.1. The van der Waals surface area contributed by atoms with E-state index < -0.39 is 6.04 Å². The van der Waals surface area contributed by atoms with Crippen molar-refractivity contribution in [2.45, 2.75) is 58.0 Å². The van der Waals surface area contributed by atoms with E-state index in [2.05, 4.69) is 10.4 Å². The summed E-state index contributed by atoms with van der Waals surface area (Å²) in [7, 11) is 0. The standard InChI is InChI=1S/C20H23N3O2S/c1-12-18-17(15-10-6-7-11-16(15)26-18)20(25)23(22-12)13(2)19(24)21-14-8-4-3-5-9-14/h6-7,10-11,13-14H,3-5,8-9H2,1-2H3,(H,21,24)/t13-/m1/s1. The lowest BCUT2D eigenvalue weighted by atomic mass is 9.95. The fourth-order valence-corrected chi connectivity index (χ4v) is 4.96. The first-order valence-electron chi connectivity index (χ1n) is 9.27. The third-order valence-corrected chi connectivity index (χ3v) is 6.58. The highest BCUT2D eigenvalue weighted by molar-refractivity contribution is 7.26. The highest BCUT2D eigenvalue weighted by Crippen LogP contribution is 2.32. The van der Waals surface area contributed by atoms with Gasteiger partial charge in [-0.3, -0.25) is 9.59 Å². The molecule has 0 unspecified atom stereocenters. The van der Waals surface area contributed by atoms with Crippen LogP contribution in [0.5, 0.6) is 0 Å². The number of carbonyl (C=O) groups is 1. The number of hydrogen-bond donors (Lipinski definition) is 1. The van der Waals surface area contributed by atoms with Gasteiger partial charge in [-0.15, -0.1) is 11.3 Å². The summed E-state index contributed by atoms with van der Waals surface area (Å²) in [6.07, 6.45) is 5.60. The SMILES string of the molecule is Cc1nn([C@H](C)C(=O)NC2CCCCC2)c(=O)c2c1sc1ccccc12. The van der Waals surface area contributed by atoms with Crippen molar-refractivity contribution in [1.29, 1.82) is 0 Å². The van der Waals surface area contributed by atoms with Crippen molar-refractivity contribution in [2.75, 3.05) is 0 Å². The van der Waals surface area contributed by atoms with Gasteiger partial charge in [0, 0.05) is 16.1 Å². The van der Waals surface area contributed by atoms with Crippen molar-refractivity contribution in [3.63, 3.8) is 0 Å². The van der Waals surface area contributed by atoms with Gasteiger partial charge in [0.25, 0.3) is 5.56 Å². The number of fused-ring (bicyclic) bond motifs is 3. The van der Waals surface area contributed by atoms with E-state index in [4.69, 9.17) is 0 Å². The molecule has 0 bridgehead atoms. The van der Waals surface area contributed by atoms with Crippen LogP contribution in [0, 0.1) is 6.92 Å². The number of nitrogens with one attached hydrogen (secondary N) is 1. The van der Waals surface area contributed by atoms with Crippen molar-refractivity contribution < 1.29 is 4.79 Å². The molecule has 0 radical (unpaired) electrons. The van der Waals surface area contributed by atoms with Crippen LogP contribution in [0.15, 0.2) is 29.1 Å². The van der Waals surface area contributed by atoms with E-state index in [9.17, 15) is 9.59 Å². The van der Waals surface area contributed by atoms with Crippen LogP contribution in [0.4, 0.5) is 0 Å². The molecule has 4 rings (SSSR count). The lowest BCUT2D eigenvalue weighted by Crippen LogP contribution is -2.42. The topological polar surface area (TPSA) is 64.0 Å². The minimum Gasteiger partial charge on any atom is -0.352 e. The smallest absolute Gasteiger partial charge is 0.276 e. The van der Waals surface area contributed by atoms with Crippen LogP contribution in [0.1, 0.15) is 50.8 Å². The molecule has 0 spiro atoms. The molecule has 1 aliphatic carbocycles. The number of aromatic nitrogens is 2. The van der Waals surface area contributed by atoms with Crippen LogP contribution in [-0.4, -0.2) is 21.7 Å². The Morgan fingerprint density at radius 1 is 1.27 bits per heavy atom. The summed E-state index contributed by atoms with van der Waals surface area (Å²) in [5.74, 6) is -0.121. The maximum Gasteiger partial charge on any atom is 0.276 e. The van der Waals surface area contributed by atoms with E-state index in [1.165, 1.54) is 11.1 Å². The van der Waals surface area contributed by atoms with E-state index in [1.807, 2.05) is 31.2 Å². The Hall–Kier alpha value is -2.21. The molecule has 1 fully saturated rings. The van der Waals surface area contributed by atoms with Gasteiger partial charge < -0.3 is 5.32 Å². The third kappa shape index (κ3) is 2.92. The van der Waals surface area contributed by atoms with E-state index in [-0.39, 0.29) is 17.5 Å². The number of benzene rings is 1. The average Bonchev–Trinajstić information content (AvgIpc) is 3.05. The molecule has 5 nitrogen and oxygen atoms in total. The second kappa shape index (κ2) is 6.83. The summed E-state index contributed by atoms with van der Waals surface area (Å²) in [5.41, 5.74) is 0.604. The molecule has 1 aliphatic rings. The Bertz CT molecular complexity index is 1030. The molecule has 2 aromatic heterocycles. The number of carbonyl (C=O) groups excluding carboxylic acids is 1. The Balaban J connectivity index is 1.73. The van der Waals surface area contributed by atoms with Crippen LogP contribution in [0.3, 0.4) is 0 Å². The Morgan fingerprint density at radius 3 is 2.77 bits per heavy atom. The Labute approximate surface area is 156 Å². The zero-order valence-corrected chi connectivity index (χ0v) is 15.9. The first kappa shape index (κ1) is 17.2. The molecule has 2 heterocycles. The number of nitrogens with zero attached hydrogens (tertiary/aromatic N) is 2. The van der Waals surface area contributed by atoms with Crippen LogP contribution in [0.25, 0.3) is 20.2 Å². The highest BCUT2D eigenvalue weighted by atomic mass is 32.1. The van der Waals surface area contributed by atoms with Crippen molar-refractivity contribution in [2.24, 2.45) is 0 Å². The van der Waals surface area contributed by atoms with Crippen LogP contribution in [0.2, 0.25) is 0 Å². The summed E-state index contributed by atoms with van der Waals surface area (Å²) >= 11 is 1.58. The zero-order chi connectivity index (χ0) is 18.3. The average molecular weight is 369 g/mol. The van der Waals surface area contributed by atoms with Gasteiger partial charge in [-0.05, 0) is 32.8 Å². The molecule has 0 saturated heterocycles. The van der Waals surface area contributed by atoms with Gasteiger partial charge in [0.2, 0.25) is 5.91 Å². The molecule has 1 amide bonds. The van der Waals surface area contributed by atoms with Gasteiger partial charge in [0.15, 0.2) is 0 Å². The summed E-state index contributed by atoms with van der Waals surface area (Å²) in [4.78, 5) is 25.8. The van der Waals surface area contributed by atoms with E-state index >= 15 is 0 Å². The monoisotopic (exact) mass is 369 g/mol. The van der Waals surface area contributed by atoms with Crippen molar-refractivity contribution in [3.8, 4) is 0 Å². The molecule has 1 aromatic carbocycles. The van der Waals surface area contributed by atoms with Gasteiger partial charge >= 0.3 is 0 Å². The summed E-state index contributed by atoms with van der Waals surface area (Å²) < 4.78 is 3.34.